The van der Waals surface area contributed by atoms with E-state index in [2.05, 4.69) is 172 Å². The number of benzene rings is 8. The Morgan fingerprint density at radius 2 is 0.822 bits per heavy atom. The Labute approximate surface area is 264 Å². The molecule has 0 saturated heterocycles. The third-order valence-corrected chi connectivity index (χ3v) is 10.1. The molecular formula is C45H32. The summed E-state index contributed by atoms with van der Waals surface area (Å²) in [5.41, 5.74) is 13.0. The van der Waals surface area contributed by atoms with Crippen molar-refractivity contribution >= 4 is 32.3 Å². The molecule has 0 heterocycles. The van der Waals surface area contributed by atoms with E-state index in [4.69, 9.17) is 0 Å². The van der Waals surface area contributed by atoms with Crippen LogP contribution in [0.2, 0.25) is 0 Å². The topological polar surface area (TPSA) is 0 Å². The quantitative estimate of drug-likeness (QED) is 0.185. The van der Waals surface area contributed by atoms with Crippen LogP contribution in [0.15, 0.2) is 158 Å². The molecule has 1 aliphatic carbocycles. The van der Waals surface area contributed by atoms with Crippen LogP contribution >= 0.6 is 0 Å². The number of fused-ring (bicyclic) bond motifs is 7. The van der Waals surface area contributed by atoms with E-state index in [-0.39, 0.29) is 5.41 Å². The van der Waals surface area contributed by atoms with Crippen LogP contribution in [0.25, 0.3) is 76.8 Å². The average molecular weight is 573 g/mol. The minimum atomic E-state index is -0.119. The highest BCUT2D eigenvalue weighted by molar-refractivity contribution is 6.14. The second-order valence-corrected chi connectivity index (χ2v) is 12.9. The molecule has 0 heteroatoms. The van der Waals surface area contributed by atoms with Crippen molar-refractivity contribution in [3.05, 3.63) is 169 Å². The van der Waals surface area contributed by atoms with E-state index in [0.29, 0.717) is 0 Å². The van der Waals surface area contributed by atoms with E-state index in [1.165, 1.54) is 88.0 Å². The molecular weight excluding hydrogens is 540 g/mol. The van der Waals surface area contributed by atoms with Gasteiger partial charge in [-0.1, -0.05) is 153 Å². The highest BCUT2D eigenvalue weighted by atomic mass is 14.4. The van der Waals surface area contributed by atoms with Crippen LogP contribution in [0.5, 0.6) is 0 Å². The van der Waals surface area contributed by atoms with Crippen molar-refractivity contribution in [2.75, 3.05) is 0 Å². The Kier molecular flexibility index (Phi) is 5.64. The van der Waals surface area contributed by atoms with Crippen molar-refractivity contribution in [3.8, 4) is 44.5 Å². The van der Waals surface area contributed by atoms with Crippen molar-refractivity contribution in [3.63, 3.8) is 0 Å². The first-order valence-electron chi connectivity index (χ1n) is 15.9. The van der Waals surface area contributed by atoms with Crippen molar-refractivity contribution in [1.82, 2.24) is 0 Å². The van der Waals surface area contributed by atoms with E-state index in [9.17, 15) is 0 Å². The second-order valence-electron chi connectivity index (χ2n) is 12.9. The Bertz CT molecular complexity index is 2450. The molecule has 0 saturated carbocycles. The van der Waals surface area contributed by atoms with E-state index in [1.54, 1.807) is 0 Å². The maximum atomic E-state index is 2.45. The zero-order valence-corrected chi connectivity index (χ0v) is 25.5. The largest absolute Gasteiger partial charge is 0.0616 e. The van der Waals surface area contributed by atoms with Gasteiger partial charge in [-0.25, -0.2) is 0 Å². The molecule has 0 N–H and O–H groups in total. The maximum absolute atomic E-state index is 2.45. The first kappa shape index (κ1) is 26.0. The van der Waals surface area contributed by atoms with Crippen LogP contribution in [-0.4, -0.2) is 0 Å². The van der Waals surface area contributed by atoms with Crippen LogP contribution in [0.1, 0.15) is 25.0 Å². The van der Waals surface area contributed by atoms with Crippen molar-refractivity contribution in [2.45, 2.75) is 19.3 Å². The molecule has 0 nitrogen and oxygen atoms in total. The number of rotatable bonds is 3. The fraction of sp³-hybridized carbons (Fsp3) is 0.0667. The van der Waals surface area contributed by atoms with E-state index < -0.39 is 0 Å². The lowest BCUT2D eigenvalue weighted by Gasteiger charge is -2.23. The van der Waals surface area contributed by atoms with Crippen LogP contribution in [0.4, 0.5) is 0 Å². The van der Waals surface area contributed by atoms with Gasteiger partial charge in [-0.2, -0.15) is 0 Å². The predicted molar refractivity (Wildman–Crippen MR) is 193 cm³/mol. The van der Waals surface area contributed by atoms with Crippen molar-refractivity contribution < 1.29 is 0 Å². The molecule has 45 heavy (non-hydrogen) atoms. The summed E-state index contributed by atoms with van der Waals surface area (Å²) in [6.45, 7) is 4.77. The molecule has 8 aromatic carbocycles. The van der Waals surface area contributed by atoms with Crippen LogP contribution in [0, 0.1) is 0 Å². The minimum Gasteiger partial charge on any atom is -0.0616 e. The Morgan fingerprint density at radius 1 is 0.311 bits per heavy atom. The Hall–Kier alpha value is -5.46. The molecule has 0 spiro atoms. The van der Waals surface area contributed by atoms with Gasteiger partial charge < -0.3 is 0 Å². The van der Waals surface area contributed by atoms with Crippen LogP contribution in [0.3, 0.4) is 0 Å². The molecule has 1 aliphatic rings. The van der Waals surface area contributed by atoms with Crippen molar-refractivity contribution in [2.24, 2.45) is 0 Å². The maximum Gasteiger partial charge on any atom is 0.0159 e. The predicted octanol–water partition coefficient (Wildman–Crippen LogP) is 12.5. The molecule has 0 fully saturated rings. The summed E-state index contributed by atoms with van der Waals surface area (Å²) in [6, 6.07) is 58.4. The molecule has 212 valence electrons. The number of hydrogen-bond acceptors (Lipinski definition) is 0. The Morgan fingerprint density at radius 3 is 1.56 bits per heavy atom. The lowest BCUT2D eigenvalue weighted by molar-refractivity contribution is 0.661. The lowest BCUT2D eigenvalue weighted by Crippen LogP contribution is -2.15. The van der Waals surface area contributed by atoms with Gasteiger partial charge in [-0.05, 0) is 106 Å². The van der Waals surface area contributed by atoms with Crippen LogP contribution in [-0.2, 0) is 5.41 Å². The van der Waals surface area contributed by atoms with E-state index in [0.717, 1.165) is 0 Å². The number of hydrogen-bond donors (Lipinski definition) is 0. The van der Waals surface area contributed by atoms with Gasteiger partial charge in [0.05, 0.1) is 0 Å². The summed E-state index contributed by atoms with van der Waals surface area (Å²) in [4.78, 5) is 0. The van der Waals surface area contributed by atoms with Gasteiger partial charge in [0, 0.05) is 5.41 Å². The van der Waals surface area contributed by atoms with Gasteiger partial charge >= 0.3 is 0 Å². The monoisotopic (exact) mass is 572 g/mol. The molecule has 0 amide bonds. The third-order valence-electron chi connectivity index (χ3n) is 10.1. The molecule has 9 rings (SSSR count). The highest BCUT2D eigenvalue weighted by Crippen LogP contribution is 2.51. The molecule has 0 unspecified atom stereocenters. The van der Waals surface area contributed by atoms with Gasteiger partial charge in [0.1, 0.15) is 0 Å². The molecule has 0 atom stereocenters. The van der Waals surface area contributed by atoms with E-state index in [1.807, 2.05) is 0 Å². The van der Waals surface area contributed by atoms with Gasteiger partial charge in [0.2, 0.25) is 0 Å². The van der Waals surface area contributed by atoms with Gasteiger partial charge in [0.15, 0.2) is 0 Å². The fourth-order valence-corrected chi connectivity index (χ4v) is 7.80. The van der Waals surface area contributed by atoms with Crippen molar-refractivity contribution in [1.29, 1.82) is 0 Å². The summed E-state index contributed by atoms with van der Waals surface area (Å²) >= 11 is 0. The molecule has 0 aromatic heterocycles. The first-order chi connectivity index (χ1) is 22.1. The zero-order chi connectivity index (χ0) is 30.1. The van der Waals surface area contributed by atoms with Gasteiger partial charge in [-0.15, -0.1) is 0 Å². The summed E-state index contributed by atoms with van der Waals surface area (Å²) < 4.78 is 0. The smallest absolute Gasteiger partial charge is 0.0159 e. The zero-order valence-electron chi connectivity index (χ0n) is 25.5. The summed E-state index contributed by atoms with van der Waals surface area (Å²) in [5, 5.41) is 7.74. The minimum absolute atomic E-state index is 0.119. The summed E-state index contributed by atoms with van der Waals surface area (Å²) in [5.74, 6) is 0. The third kappa shape index (κ3) is 3.92. The fourth-order valence-electron chi connectivity index (χ4n) is 7.80. The van der Waals surface area contributed by atoms with Crippen LogP contribution < -0.4 is 0 Å². The second kappa shape index (κ2) is 9.78. The molecule has 0 radical (unpaired) electrons. The van der Waals surface area contributed by atoms with Gasteiger partial charge in [0.25, 0.3) is 0 Å². The normalized spacial score (nSPS) is 13.3. The molecule has 0 bridgehead atoms. The SMILES string of the molecule is CC1(C)c2cc(-c3ccccc3-c3cc4ccccc4c4ccccc34)ccc2-c2ccc(-c3cccc4ccccc34)cc21. The highest BCUT2D eigenvalue weighted by Gasteiger charge is 2.36. The lowest BCUT2D eigenvalue weighted by atomic mass is 9.80. The molecule has 8 aromatic rings. The Balaban J connectivity index is 1.19. The van der Waals surface area contributed by atoms with E-state index >= 15 is 0 Å². The average Bonchev–Trinajstić information content (AvgIpc) is 3.32. The molecule has 0 aliphatic heterocycles. The van der Waals surface area contributed by atoms with Gasteiger partial charge in [-0.3, -0.25) is 0 Å². The summed E-state index contributed by atoms with van der Waals surface area (Å²) in [7, 11) is 0. The first-order valence-corrected chi connectivity index (χ1v) is 15.9. The summed E-state index contributed by atoms with van der Waals surface area (Å²) in [6.07, 6.45) is 0. The standard InChI is InChI=1S/C45H32/c1-45(2)43-27-31(34-21-11-14-29-12-3-5-15-33(29)34)22-24-40(43)41-25-23-32(28-44(41)45)36-17-7-8-19-38(36)42-26-30-13-4-6-16-35(30)37-18-9-10-20-39(37)42/h3-28H,1-2H3.